The van der Waals surface area contributed by atoms with Gasteiger partial charge in [-0.2, -0.15) is 0 Å². The summed E-state index contributed by atoms with van der Waals surface area (Å²) in [6, 6.07) is 16.2. The molecule has 2 atom stereocenters. The van der Waals surface area contributed by atoms with Crippen molar-refractivity contribution < 1.29 is 9.63 Å². The molecule has 3 aromatic rings. The van der Waals surface area contributed by atoms with Gasteiger partial charge in [0, 0.05) is 23.0 Å². The van der Waals surface area contributed by atoms with Crippen molar-refractivity contribution >= 4 is 11.0 Å². The Balaban J connectivity index is 2.05. The first-order valence-electron chi connectivity index (χ1n) is 9.07. The molecule has 1 aromatic heterocycles. The van der Waals surface area contributed by atoms with Crippen LogP contribution in [0.5, 0.6) is 0 Å². The number of nitrogens with one attached hydrogen (secondary N) is 1. The maximum absolute atomic E-state index is 9.74. The van der Waals surface area contributed by atoms with Crippen molar-refractivity contribution in [2.75, 3.05) is 6.61 Å². The molecule has 0 aliphatic rings. The summed E-state index contributed by atoms with van der Waals surface area (Å²) in [7, 11) is 0. The van der Waals surface area contributed by atoms with Crippen LogP contribution < -0.4 is 5.32 Å². The van der Waals surface area contributed by atoms with E-state index in [1.807, 2.05) is 42.5 Å². The largest absolute Gasteiger partial charge is 0.395 e. The van der Waals surface area contributed by atoms with Crippen LogP contribution in [-0.2, 0) is 0 Å². The summed E-state index contributed by atoms with van der Waals surface area (Å²) in [5, 5.41) is 18.7. The normalized spacial score (nSPS) is 13.8. The van der Waals surface area contributed by atoms with Crippen LogP contribution in [0.1, 0.15) is 31.9 Å². The third kappa shape index (κ3) is 3.71. The van der Waals surface area contributed by atoms with E-state index in [1.165, 1.54) is 0 Å². The fourth-order valence-corrected chi connectivity index (χ4v) is 3.26. The number of hydrogen-bond donors (Lipinski definition) is 2. The van der Waals surface area contributed by atoms with Gasteiger partial charge in [0.05, 0.1) is 6.61 Å². The second-order valence-corrected chi connectivity index (χ2v) is 6.89. The van der Waals surface area contributed by atoms with Crippen LogP contribution in [0.25, 0.3) is 22.2 Å². The van der Waals surface area contributed by atoms with E-state index in [9.17, 15) is 5.11 Å². The van der Waals surface area contributed by atoms with Crippen molar-refractivity contribution in [3.63, 3.8) is 0 Å². The number of rotatable bonds is 8. The predicted octanol–water partition coefficient (Wildman–Crippen LogP) is 4.72. The molecule has 0 unspecified atom stereocenters. The average molecular weight is 350 g/mol. The van der Waals surface area contributed by atoms with E-state index in [0.717, 1.165) is 34.2 Å². The molecule has 4 nitrogen and oxygen atoms in total. The SMILES string of the molecule is C=CC[C@@H](N[C@@H](CO)C(C)C)c1ccccc1-c1noc2ccccc12. The lowest BCUT2D eigenvalue weighted by molar-refractivity contribution is 0.199. The quantitative estimate of drug-likeness (QED) is 0.577. The zero-order valence-corrected chi connectivity index (χ0v) is 15.4. The summed E-state index contributed by atoms with van der Waals surface area (Å²) >= 11 is 0. The van der Waals surface area contributed by atoms with Crippen molar-refractivity contribution in [1.82, 2.24) is 10.5 Å². The monoisotopic (exact) mass is 350 g/mol. The molecule has 0 radical (unpaired) electrons. The molecule has 0 bridgehead atoms. The molecule has 1 heterocycles. The molecule has 0 amide bonds. The molecular formula is C22H26N2O2. The van der Waals surface area contributed by atoms with Crippen LogP contribution >= 0.6 is 0 Å². The van der Waals surface area contributed by atoms with Gasteiger partial charge in [0.15, 0.2) is 5.58 Å². The van der Waals surface area contributed by atoms with Gasteiger partial charge < -0.3 is 14.9 Å². The van der Waals surface area contributed by atoms with Crippen molar-refractivity contribution in [1.29, 1.82) is 0 Å². The van der Waals surface area contributed by atoms with Gasteiger partial charge in [-0.05, 0) is 30.0 Å². The number of benzene rings is 2. The Hall–Kier alpha value is -2.43. The van der Waals surface area contributed by atoms with E-state index >= 15 is 0 Å². The molecule has 4 heteroatoms. The molecule has 26 heavy (non-hydrogen) atoms. The van der Waals surface area contributed by atoms with Crippen LogP contribution in [0.2, 0.25) is 0 Å². The Morgan fingerprint density at radius 2 is 1.88 bits per heavy atom. The highest BCUT2D eigenvalue weighted by Gasteiger charge is 2.22. The van der Waals surface area contributed by atoms with E-state index < -0.39 is 0 Å². The average Bonchev–Trinajstić information content (AvgIpc) is 3.09. The molecule has 0 saturated heterocycles. The van der Waals surface area contributed by atoms with Crippen molar-refractivity contribution in [3.05, 3.63) is 66.7 Å². The van der Waals surface area contributed by atoms with Crippen LogP contribution in [0.15, 0.2) is 65.7 Å². The van der Waals surface area contributed by atoms with Gasteiger partial charge in [-0.3, -0.25) is 0 Å². The standard InChI is InChI=1S/C22H26N2O2/c1-4-9-19(23-20(14-25)15(2)3)16-10-5-6-11-17(16)22-18-12-7-8-13-21(18)26-24-22/h4-8,10-13,15,19-20,23,25H,1,9,14H2,2-3H3/t19-,20+/m1/s1. The Kier molecular flexibility index (Phi) is 5.86. The van der Waals surface area contributed by atoms with Crippen LogP contribution in [0.4, 0.5) is 0 Å². The van der Waals surface area contributed by atoms with Gasteiger partial charge in [-0.25, -0.2) is 0 Å². The second kappa shape index (κ2) is 8.30. The van der Waals surface area contributed by atoms with Gasteiger partial charge in [0.2, 0.25) is 0 Å². The van der Waals surface area contributed by atoms with E-state index in [-0.39, 0.29) is 18.7 Å². The highest BCUT2D eigenvalue weighted by atomic mass is 16.5. The van der Waals surface area contributed by atoms with E-state index in [1.54, 1.807) is 0 Å². The molecule has 0 spiro atoms. The van der Waals surface area contributed by atoms with E-state index in [4.69, 9.17) is 4.52 Å². The first-order valence-corrected chi connectivity index (χ1v) is 9.07. The van der Waals surface area contributed by atoms with Crippen molar-refractivity contribution in [3.8, 4) is 11.3 Å². The van der Waals surface area contributed by atoms with Crippen molar-refractivity contribution in [2.45, 2.75) is 32.4 Å². The number of hydrogen-bond acceptors (Lipinski definition) is 4. The molecule has 0 saturated carbocycles. The highest BCUT2D eigenvalue weighted by Crippen LogP contribution is 2.34. The van der Waals surface area contributed by atoms with Crippen LogP contribution in [0.3, 0.4) is 0 Å². The topological polar surface area (TPSA) is 58.3 Å². The maximum Gasteiger partial charge on any atom is 0.167 e. The van der Waals surface area contributed by atoms with Crippen LogP contribution in [0, 0.1) is 5.92 Å². The third-order valence-corrected chi connectivity index (χ3v) is 4.79. The molecule has 2 N–H and O–H groups in total. The van der Waals surface area contributed by atoms with Gasteiger partial charge in [-0.15, -0.1) is 6.58 Å². The van der Waals surface area contributed by atoms with Crippen molar-refractivity contribution in [2.24, 2.45) is 5.92 Å². The molecule has 0 aliphatic carbocycles. The zero-order valence-electron chi connectivity index (χ0n) is 15.4. The summed E-state index contributed by atoms with van der Waals surface area (Å²) in [4.78, 5) is 0. The van der Waals surface area contributed by atoms with Gasteiger partial charge >= 0.3 is 0 Å². The number of nitrogens with zero attached hydrogens (tertiary/aromatic N) is 1. The lowest BCUT2D eigenvalue weighted by Crippen LogP contribution is -2.39. The number of aliphatic hydroxyl groups excluding tert-OH is 1. The van der Waals surface area contributed by atoms with Crippen LogP contribution in [-0.4, -0.2) is 22.9 Å². The number of aromatic nitrogens is 1. The zero-order chi connectivity index (χ0) is 18.5. The minimum Gasteiger partial charge on any atom is -0.395 e. The highest BCUT2D eigenvalue weighted by molar-refractivity contribution is 5.92. The lowest BCUT2D eigenvalue weighted by atomic mass is 9.93. The predicted molar refractivity (Wildman–Crippen MR) is 106 cm³/mol. The molecule has 3 rings (SSSR count). The van der Waals surface area contributed by atoms with E-state index in [2.05, 4.69) is 43.0 Å². The number of aliphatic hydroxyl groups is 1. The van der Waals surface area contributed by atoms with Gasteiger partial charge in [0.1, 0.15) is 5.69 Å². The number of fused-ring (bicyclic) bond motifs is 1. The summed E-state index contributed by atoms with van der Waals surface area (Å²) in [6.07, 6.45) is 2.67. The first-order chi connectivity index (χ1) is 12.7. The maximum atomic E-state index is 9.74. The smallest absolute Gasteiger partial charge is 0.167 e. The van der Waals surface area contributed by atoms with Gasteiger partial charge in [0.25, 0.3) is 0 Å². The Bertz CT molecular complexity index is 869. The molecule has 0 fully saturated rings. The Morgan fingerprint density at radius 1 is 1.15 bits per heavy atom. The van der Waals surface area contributed by atoms with Gasteiger partial charge in [-0.1, -0.05) is 61.5 Å². The Morgan fingerprint density at radius 3 is 2.62 bits per heavy atom. The first kappa shape index (κ1) is 18.4. The third-order valence-electron chi connectivity index (χ3n) is 4.79. The number of para-hydroxylation sites is 1. The molecular weight excluding hydrogens is 324 g/mol. The van der Waals surface area contributed by atoms with E-state index in [0.29, 0.717) is 5.92 Å². The minimum absolute atomic E-state index is 0.0158. The second-order valence-electron chi connectivity index (χ2n) is 6.89. The summed E-state index contributed by atoms with van der Waals surface area (Å²) in [5.41, 5.74) is 3.79. The lowest BCUT2D eigenvalue weighted by Gasteiger charge is -2.28. The summed E-state index contributed by atoms with van der Waals surface area (Å²) in [6.45, 7) is 8.22. The fraction of sp³-hybridized carbons (Fsp3) is 0.318. The summed E-state index contributed by atoms with van der Waals surface area (Å²) < 4.78 is 5.51. The molecule has 136 valence electrons. The summed E-state index contributed by atoms with van der Waals surface area (Å²) in [5.74, 6) is 0.326. The molecule has 2 aromatic carbocycles. The fourth-order valence-electron chi connectivity index (χ4n) is 3.26. The Labute approximate surface area is 154 Å². The molecule has 0 aliphatic heterocycles. The minimum atomic E-state index is 0.0158.